The Kier molecular flexibility index (Phi) is 4.95. The zero-order valence-corrected chi connectivity index (χ0v) is 11.7. The van der Waals surface area contributed by atoms with Gasteiger partial charge in [0, 0.05) is 25.2 Å². The molecule has 1 saturated heterocycles. The summed E-state index contributed by atoms with van der Waals surface area (Å²) in [6.07, 6.45) is 1.12. The number of rotatable bonds is 5. The number of amides is 1. The second-order valence-corrected chi connectivity index (χ2v) is 5.06. The average molecular weight is 242 g/mol. The van der Waals surface area contributed by atoms with Gasteiger partial charge in [-0.05, 0) is 41.0 Å². The van der Waals surface area contributed by atoms with Gasteiger partial charge in [-0.2, -0.15) is 0 Å². The Labute approximate surface area is 105 Å². The number of hydrogen-bond donors (Lipinski definition) is 1. The third kappa shape index (κ3) is 3.19. The Balaban J connectivity index is 2.59. The monoisotopic (exact) mass is 242 g/mol. The Morgan fingerprint density at radius 2 is 2.12 bits per heavy atom. The molecule has 0 aromatic rings. The van der Waals surface area contributed by atoms with Crippen molar-refractivity contribution in [3.05, 3.63) is 0 Å². The van der Waals surface area contributed by atoms with E-state index < -0.39 is 0 Å². The fourth-order valence-corrected chi connectivity index (χ4v) is 2.39. The summed E-state index contributed by atoms with van der Waals surface area (Å²) in [7, 11) is 0. The Morgan fingerprint density at radius 3 is 2.53 bits per heavy atom. The minimum absolute atomic E-state index is 0.0811. The molecule has 4 nitrogen and oxygen atoms in total. The van der Waals surface area contributed by atoms with Gasteiger partial charge >= 0.3 is 0 Å². The summed E-state index contributed by atoms with van der Waals surface area (Å²) >= 11 is 0. The lowest BCUT2D eigenvalue weighted by atomic mass is 9.93. The molecule has 1 N–H and O–H groups in total. The molecule has 1 aliphatic heterocycles. The van der Waals surface area contributed by atoms with Crippen molar-refractivity contribution in [1.82, 2.24) is 10.2 Å². The number of nitrogens with zero attached hydrogens (tertiary/aromatic N) is 1. The van der Waals surface area contributed by atoms with Crippen molar-refractivity contribution < 1.29 is 9.53 Å². The molecule has 4 heteroatoms. The van der Waals surface area contributed by atoms with Crippen LogP contribution in [0.25, 0.3) is 0 Å². The van der Waals surface area contributed by atoms with Gasteiger partial charge in [0.05, 0.1) is 12.1 Å². The highest BCUT2D eigenvalue weighted by Gasteiger charge is 2.39. The molecular weight excluding hydrogens is 216 g/mol. The van der Waals surface area contributed by atoms with E-state index in [1.54, 1.807) is 0 Å². The highest BCUT2D eigenvalue weighted by molar-refractivity contribution is 5.81. The van der Waals surface area contributed by atoms with Gasteiger partial charge in [-0.3, -0.25) is 10.1 Å². The number of likely N-dealkylation sites (N-methyl/N-ethyl adjacent to an activating group) is 1. The van der Waals surface area contributed by atoms with Gasteiger partial charge in [0.15, 0.2) is 0 Å². The maximum atomic E-state index is 12.2. The van der Waals surface area contributed by atoms with Crippen LogP contribution in [0.3, 0.4) is 0 Å². The molecule has 1 heterocycles. The van der Waals surface area contributed by atoms with Crippen LogP contribution in [-0.2, 0) is 9.53 Å². The Bertz CT molecular complexity index is 266. The van der Waals surface area contributed by atoms with Crippen LogP contribution in [0.5, 0.6) is 0 Å². The number of nitrogens with one attached hydrogen (secondary N) is 1. The molecule has 0 radical (unpaired) electrons. The molecule has 1 fully saturated rings. The minimum Gasteiger partial charge on any atom is -0.377 e. The van der Waals surface area contributed by atoms with E-state index >= 15 is 0 Å². The van der Waals surface area contributed by atoms with Crippen LogP contribution >= 0.6 is 0 Å². The first kappa shape index (κ1) is 14.5. The minimum atomic E-state index is -0.149. The fourth-order valence-electron chi connectivity index (χ4n) is 2.39. The third-order valence-electron chi connectivity index (χ3n) is 3.88. The van der Waals surface area contributed by atoms with Crippen molar-refractivity contribution in [2.24, 2.45) is 0 Å². The van der Waals surface area contributed by atoms with Gasteiger partial charge in [0.1, 0.15) is 0 Å². The van der Waals surface area contributed by atoms with E-state index in [4.69, 9.17) is 4.74 Å². The zero-order chi connectivity index (χ0) is 13.1. The molecule has 0 bridgehead atoms. The predicted octanol–water partition coefficient (Wildman–Crippen LogP) is 1.40. The van der Waals surface area contributed by atoms with Crippen LogP contribution in [0.4, 0.5) is 0 Å². The van der Waals surface area contributed by atoms with Crippen LogP contribution in [0.2, 0.25) is 0 Å². The summed E-state index contributed by atoms with van der Waals surface area (Å²) in [5.74, 6) is 0.176. The highest BCUT2D eigenvalue weighted by Crippen LogP contribution is 2.25. The summed E-state index contributed by atoms with van der Waals surface area (Å²) in [6, 6.07) is -0.149. The molecule has 3 unspecified atom stereocenters. The van der Waals surface area contributed by atoms with E-state index in [9.17, 15) is 4.79 Å². The average Bonchev–Trinajstić information content (AvgIpc) is 2.60. The smallest absolute Gasteiger partial charge is 0.239 e. The summed E-state index contributed by atoms with van der Waals surface area (Å²) in [4.78, 5) is 14.0. The molecule has 1 amide bonds. The molecular formula is C13H26N2O2. The first-order valence-corrected chi connectivity index (χ1v) is 6.62. The lowest BCUT2D eigenvalue weighted by Gasteiger charge is -2.34. The molecule has 1 aliphatic rings. The fraction of sp³-hybridized carbons (Fsp3) is 0.923. The van der Waals surface area contributed by atoms with Gasteiger partial charge in [-0.25, -0.2) is 0 Å². The molecule has 0 spiro atoms. The van der Waals surface area contributed by atoms with Crippen molar-refractivity contribution in [3.8, 4) is 0 Å². The van der Waals surface area contributed by atoms with Crippen molar-refractivity contribution in [2.45, 2.75) is 58.7 Å². The first-order chi connectivity index (χ1) is 7.94. The van der Waals surface area contributed by atoms with Gasteiger partial charge < -0.3 is 9.64 Å². The van der Waals surface area contributed by atoms with Crippen LogP contribution in [0.15, 0.2) is 0 Å². The van der Waals surface area contributed by atoms with Crippen molar-refractivity contribution in [1.29, 1.82) is 0 Å². The molecule has 3 atom stereocenters. The summed E-state index contributed by atoms with van der Waals surface area (Å²) < 4.78 is 5.57. The molecule has 0 aromatic heterocycles. The summed E-state index contributed by atoms with van der Waals surface area (Å²) in [5.41, 5.74) is -0.0811. The van der Waals surface area contributed by atoms with Crippen molar-refractivity contribution in [3.63, 3.8) is 0 Å². The maximum absolute atomic E-state index is 12.2. The standard InChI is InChI=1S/C13H26N2O2/c1-6-15(7-2)12(16)10(3)14-13(5)8-9-17-11(13)4/h10-11,14H,6-9H2,1-5H3. The first-order valence-electron chi connectivity index (χ1n) is 6.62. The topological polar surface area (TPSA) is 41.6 Å². The van der Waals surface area contributed by atoms with Crippen LogP contribution in [0, 0.1) is 0 Å². The highest BCUT2D eigenvalue weighted by atomic mass is 16.5. The second-order valence-electron chi connectivity index (χ2n) is 5.06. The van der Waals surface area contributed by atoms with E-state index in [1.807, 2.05) is 25.7 Å². The molecule has 0 aromatic carbocycles. The molecule has 17 heavy (non-hydrogen) atoms. The SMILES string of the molecule is CCN(CC)C(=O)C(C)NC1(C)CCOC1C. The van der Waals surface area contributed by atoms with Crippen LogP contribution < -0.4 is 5.32 Å². The van der Waals surface area contributed by atoms with Gasteiger partial charge in [-0.1, -0.05) is 0 Å². The van der Waals surface area contributed by atoms with Crippen LogP contribution in [-0.4, -0.2) is 48.2 Å². The lowest BCUT2D eigenvalue weighted by Crippen LogP contribution is -2.56. The predicted molar refractivity (Wildman–Crippen MR) is 69.0 cm³/mol. The molecule has 100 valence electrons. The second kappa shape index (κ2) is 5.83. The zero-order valence-electron chi connectivity index (χ0n) is 11.7. The van der Waals surface area contributed by atoms with E-state index in [0.29, 0.717) is 0 Å². The lowest BCUT2D eigenvalue weighted by molar-refractivity contribution is -0.133. The van der Waals surface area contributed by atoms with E-state index in [0.717, 1.165) is 26.1 Å². The molecule has 1 rings (SSSR count). The number of hydrogen-bond acceptors (Lipinski definition) is 3. The summed E-state index contributed by atoms with van der Waals surface area (Å²) in [6.45, 7) is 12.5. The Morgan fingerprint density at radius 1 is 1.53 bits per heavy atom. The van der Waals surface area contributed by atoms with E-state index in [1.165, 1.54) is 0 Å². The largest absolute Gasteiger partial charge is 0.377 e. The number of carbonyl (C=O) groups is 1. The quantitative estimate of drug-likeness (QED) is 0.792. The Hall–Kier alpha value is -0.610. The van der Waals surface area contributed by atoms with E-state index in [2.05, 4.69) is 19.2 Å². The van der Waals surface area contributed by atoms with Crippen LogP contribution in [0.1, 0.15) is 41.0 Å². The van der Waals surface area contributed by atoms with Crippen molar-refractivity contribution in [2.75, 3.05) is 19.7 Å². The normalized spacial score (nSPS) is 30.3. The number of ether oxygens (including phenoxy) is 1. The number of carbonyl (C=O) groups excluding carboxylic acids is 1. The maximum Gasteiger partial charge on any atom is 0.239 e. The van der Waals surface area contributed by atoms with E-state index in [-0.39, 0.29) is 23.6 Å². The summed E-state index contributed by atoms with van der Waals surface area (Å²) in [5, 5.41) is 3.44. The van der Waals surface area contributed by atoms with Gasteiger partial charge in [0.25, 0.3) is 0 Å². The third-order valence-corrected chi connectivity index (χ3v) is 3.88. The molecule has 0 aliphatic carbocycles. The van der Waals surface area contributed by atoms with Crippen molar-refractivity contribution >= 4 is 5.91 Å². The van der Waals surface area contributed by atoms with Gasteiger partial charge in [0.2, 0.25) is 5.91 Å². The van der Waals surface area contributed by atoms with Gasteiger partial charge in [-0.15, -0.1) is 0 Å². The molecule has 0 saturated carbocycles.